The lowest BCUT2D eigenvalue weighted by Crippen LogP contribution is -2.50. The molecule has 0 saturated carbocycles. The first-order valence-electron chi connectivity index (χ1n) is 9.28. The Morgan fingerprint density at radius 1 is 1.26 bits per heavy atom. The van der Waals surface area contributed by atoms with Crippen molar-refractivity contribution in [3.63, 3.8) is 0 Å². The van der Waals surface area contributed by atoms with Gasteiger partial charge in [0, 0.05) is 24.7 Å². The number of hydrogen-bond acceptors (Lipinski definition) is 4. The Hall–Kier alpha value is -2.31. The zero-order valence-corrected chi connectivity index (χ0v) is 15.6. The van der Waals surface area contributed by atoms with Crippen LogP contribution in [0.1, 0.15) is 40.4 Å². The molecule has 1 amide bonds. The van der Waals surface area contributed by atoms with Gasteiger partial charge >= 0.3 is 0 Å². The van der Waals surface area contributed by atoms with Crippen LogP contribution < -0.4 is 0 Å². The quantitative estimate of drug-likeness (QED) is 0.883. The average molecular weight is 369 g/mol. The molecule has 1 aliphatic carbocycles. The molecule has 0 bridgehead atoms. The van der Waals surface area contributed by atoms with Crippen LogP contribution in [0.15, 0.2) is 42.7 Å². The summed E-state index contributed by atoms with van der Waals surface area (Å²) in [5, 5.41) is 11.2. The minimum atomic E-state index is -0.596. The van der Waals surface area contributed by atoms with Crippen molar-refractivity contribution in [2.45, 2.75) is 30.4 Å². The first-order chi connectivity index (χ1) is 13.0. The first kappa shape index (κ1) is 18.1. The fourth-order valence-electron chi connectivity index (χ4n) is 4.79. The van der Waals surface area contributed by atoms with E-state index in [-0.39, 0.29) is 22.9 Å². The number of carbonyl (C=O) groups excluding carboxylic acids is 1. The highest BCUT2D eigenvalue weighted by Gasteiger charge is 2.53. The van der Waals surface area contributed by atoms with Gasteiger partial charge in [-0.3, -0.25) is 9.78 Å². The summed E-state index contributed by atoms with van der Waals surface area (Å²) >= 11 is 0. The Morgan fingerprint density at radius 2 is 1.96 bits per heavy atom. The molecular weight excluding hydrogens is 345 g/mol. The molecule has 2 atom stereocenters. The number of benzene rings is 1. The monoisotopic (exact) mass is 369 g/mol. The van der Waals surface area contributed by atoms with Crippen LogP contribution in [-0.4, -0.2) is 59.1 Å². The van der Waals surface area contributed by atoms with Crippen LogP contribution in [0.2, 0.25) is 0 Å². The van der Waals surface area contributed by atoms with E-state index in [9.17, 15) is 14.3 Å². The molecule has 0 radical (unpaired) electrons. The predicted octanol–water partition coefficient (Wildman–Crippen LogP) is 2.37. The lowest BCUT2D eigenvalue weighted by atomic mass is 9.72. The summed E-state index contributed by atoms with van der Waals surface area (Å²) in [7, 11) is 3.96. The van der Waals surface area contributed by atoms with E-state index >= 15 is 0 Å². The Kier molecular flexibility index (Phi) is 4.48. The number of rotatable bonds is 2. The molecule has 1 fully saturated rings. The Balaban J connectivity index is 1.60. The molecule has 6 heteroatoms. The standard InChI is InChI=1S/C21H24FN3O2/c1-24(2)18-14-5-3-4-6-16(14)21(19(18)26)8-11-25(12-9-21)20(27)15-7-10-23-13-17(15)22/h3-7,10,13,18-19,26H,8-9,11-12H2,1-2H3/t18-,19+/m0/s1. The third-order valence-electron chi connectivity index (χ3n) is 6.18. The first-order valence-corrected chi connectivity index (χ1v) is 9.28. The number of pyridine rings is 1. The van der Waals surface area contributed by atoms with Gasteiger partial charge in [-0.05, 0) is 44.1 Å². The second-order valence-electron chi connectivity index (χ2n) is 7.74. The number of nitrogens with zero attached hydrogens (tertiary/aromatic N) is 3. The zero-order valence-electron chi connectivity index (χ0n) is 15.6. The lowest BCUT2D eigenvalue weighted by molar-refractivity contribution is -0.00152. The topological polar surface area (TPSA) is 56.7 Å². The number of aromatic nitrogens is 1. The molecule has 2 aromatic rings. The number of likely N-dealkylation sites (tertiary alicyclic amines) is 1. The third kappa shape index (κ3) is 2.75. The van der Waals surface area contributed by atoms with Gasteiger partial charge in [-0.25, -0.2) is 4.39 Å². The molecule has 2 heterocycles. The van der Waals surface area contributed by atoms with Gasteiger partial charge in [0.2, 0.25) is 0 Å². The molecule has 142 valence electrons. The Labute approximate surface area is 158 Å². The zero-order chi connectivity index (χ0) is 19.2. The number of amides is 1. The normalized spacial score (nSPS) is 23.7. The van der Waals surface area contributed by atoms with E-state index in [1.165, 1.54) is 17.8 Å². The second kappa shape index (κ2) is 6.69. The lowest BCUT2D eigenvalue weighted by Gasteiger charge is -2.43. The Morgan fingerprint density at radius 3 is 2.63 bits per heavy atom. The molecule has 1 aliphatic heterocycles. The van der Waals surface area contributed by atoms with Crippen molar-refractivity contribution in [2.75, 3.05) is 27.2 Å². The maximum atomic E-state index is 13.9. The van der Waals surface area contributed by atoms with E-state index in [0.717, 1.165) is 11.8 Å². The summed E-state index contributed by atoms with van der Waals surface area (Å²) in [4.78, 5) is 20.2. The van der Waals surface area contributed by atoms with Crippen LogP contribution in [0.5, 0.6) is 0 Å². The SMILES string of the molecule is CN(C)[C@H]1c2ccccc2C2(CCN(C(=O)c3ccncc3F)CC2)[C@@H]1O. The number of aliphatic hydroxyl groups is 1. The number of piperidine rings is 1. The molecule has 1 aromatic carbocycles. The van der Waals surface area contributed by atoms with Gasteiger partial charge in [0.1, 0.15) is 0 Å². The van der Waals surface area contributed by atoms with Gasteiger partial charge in [0.25, 0.3) is 5.91 Å². The van der Waals surface area contributed by atoms with Gasteiger partial charge in [-0.15, -0.1) is 0 Å². The molecule has 0 unspecified atom stereocenters. The van der Waals surface area contributed by atoms with Gasteiger partial charge < -0.3 is 14.9 Å². The van der Waals surface area contributed by atoms with E-state index in [0.29, 0.717) is 25.9 Å². The summed E-state index contributed by atoms with van der Waals surface area (Å²) in [5.74, 6) is -0.906. The van der Waals surface area contributed by atoms with E-state index < -0.39 is 11.9 Å². The van der Waals surface area contributed by atoms with Crippen molar-refractivity contribution in [1.29, 1.82) is 0 Å². The van der Waals surface area contributed by atoms with Gasteiger partial charge in [-0.2, -0.15) is 0 Å². The van der Waals surface area contributed by atoms with Crippen LogP contribution in [0.4, 0.5) is 4.39 Å². The number of fused-ring (bicyclic) bond motifs is 2. The van der Waals surface area contributed by atoms with Crippen molar-refractivity contribution >= 4 is 5.91 Å². The minimum Gasteiger partial charge on any atom is -0.390 e. The molecule has 1 N–H and O–H groups in total. The summed E-state index contributed by atoms with van der Waals surface area (Å²) in [5.41, 5.74) is 2.03. The summed E-state index contributed by atoms with van der Waals surface area (Å²) in [6.45, 7) is 0.984. The van der Waals surface area contributed by atoms with Gasteiger partial charge in [0.15, 0.2) is 5.82 Å². The maximum absolute atomic E-state index is 13.9. The molecule has 1 aromatic heterocycles. The van der Waals surface area contributed by atoms with Crippen LogP contribution in [0.3, 0.4) is 0 Å². The summed E-state index contributed by atoms with van der Waals surface area (Å²) in [6.07, 6.45) is 3.29. The maximum Gasteiger partial charge on any atom is 0.256 e. The van der Waals surface area contributed by atoms with Crippen LogP contribution in [0, 0.1) is 5.82 Å². The van der Waals surface area contributed by atoms with Crippen molar-refractivity contribution in [2.24, 2.45) is 0 Å². The predicted molar refractivity (Wildman–Crippen MR) is 99.9 cm³/mol. The number of carbonyl (C=O) groups is 1. The number of aliphatic hydroxyl groups excluding tert-OH is 1. The molecule has 2 aliphatic rings. The molecule has 1 spiro atoms. The highest BCUT2D eigenvalue weighted by Crippen LogP contribution is 2.52. The van der Waals surface area contributed by atoms with Gasteiger partial charge in [-0.1, -0.05) is 24.3 Å². The smallest absolute Gasteiger partial charge is 0.256 e. The van der Waals surface area contributed by atoms with E-state index in [2.05, 4.69) is 22.0 Å². The molecule has 1 saturated heterocycles. The summed E-state index contributed by atoms with van der Waals surface area (Å²) in [6, 6.07) is 9.57. The van der Waals surface area contributed by atoms with Crippen molar-refractivity contribution in [1.82, 2.24) is 14.8 Å². The average Bonchev–Trinajstić information content (AvgIpc) is 2.91. The van der Waals surface area contributed by atoms with E-state index in [1.54, 1.807) is 4.90 Å². The molecule has 4 rings (SSSR count). The highest BCUT2D eigenvalue weighted by atomic mass is 19.1. The van der Waals surface area contributed by atoms with Crippen LogP contribution >= 0.6 is 0 Å². The fourth-order valence-corrected chi connectivity index (χ4v) is 4.79. The number of likely N-dealkylation sites (N-methyl/N-ethyl adjacent to an activating group) is 1. The summed E-state index contributed by atoms with van der Waals surface area (Å²) < 4.78 is 13.9. The molecule has 5 nitrogen and oxygen atoms in total. The van der Waals surface area contributed by atoms with E-state index in [4.69, 9.17) is 0 Å². The Bertz CT molecular complexity index is 862. The van der Waals surface area contributed by atoms with Crippen LogP contribution in [0.25, 0.3) is 0 Å². The van der Waals surface area contributed by atoms with Crippen LogP contribution in [-0.2, 0) is 5.41 Å². The fraction of sp³-hybridized carbons (Fsp3) is 0.429. The van der Waals surface area contributed by atoms with Gasteiger partial charge in [0.05, 0.1) is 23.9 Å². The number of halogens is 1. The largest absolute Gasteiger partial charge is 0.390 e. The minimum absolute atomic E-state index is 0.0545. The van der Waals surface area contributed by atoms with Crippen molar-refractivity contribution in [3.05, 3.63) is 65.2 Å². The third-order valence-corrected chi connectivity index (χ3v) is 6.18. The second-order valence-corrected chi connectivity index (χ2v) is 7.74. The number of hydrogen-bond donors (Lipinski definition) is 1. The highest BCUT2D eigenvalue weighted by molar-refractivity contribution is 5.94. The van der Waals surface area contributed by atoms with E-state index in [1.807, 2.05) is 26.2 Å². The molecular formula is C21H24FN3O2. The van der Waals surface area contributed by atoms with Crippen molar-refractivity contribution in [3.8, 4) is 0 Å². The van der Waals surface area contributed by atoms with Crippen molar-refractivity contribution < 1.29 is 14.3 Å². The molecule has 27 heavy (non-hydrogen) atoms.